The lowest BCUT2D eigenvalue weighted by molar-refractivity contribution is -0.143. The Morgan fingerprint density at radius 2 is 1.56 bits per heavy atom. The van der Waals surface area contributed by atoms with Crippen molar-refractivity contribution >= 4 is 17.9 Å². The molecule has 1 saturated heterocycles. The summed E-state index contributed by atoms with van der Waals surface area (Å²) in [5, 5.41) is 14.9. The van der Waals surface area contributed by atoms with E-state index >= 15 is 0 Å². The highest BCUT2D eigenvalue weighted by Crippen LogP contribution is 2.36. The van der Waals surface area contributed by atoms with Crippen LogP contribution in [0.25, 0.3) is 0 Å². The van der Waals surface area contributed by atoms with Gasteiger partial charge in [-0.2, -0.15) is 0 Å². The van der Waals surface area contributed by atoms with Crippen LogP contribution in [0.3, 0.4) is 0 Å². The van der Waals surface area contributed by atoms with Crippen molar-refractivity contribution in [1.29, 1.82) is 0 Å². The van der Waals surface area contributed by atoms with Crippen LogP contribution in [0, 0.1) is 17.8 Å². The molecule has 186 valence electrons. The molecule has 8 heteroatoms. The second kappa shape index (κ2) is 11.6. The summed E-state index contributed by atoms with van der Waals surface area (Å²) in [6.07, 6.45) is 9.01. The number of hydrogen-bond acceptors (Lipinski definition) is 4. The smallest absolute Gasteiger partial charge is 0.317 e. The van der Waals surface area contributed by atoms with Crippen LogP contribution in [-0.4, -0.2) is 60.2 Å². The minimum Gasteiger partial charge on any atom is -0.490 e. The molecule has 0 bridgehead atoms. The number of aliphatic carboxylic acids is 1. The van der Waals surface area contributed by atoms with Crippen molar-refractivity contribution in [1.82, 2.24) is 15.5 Å². The van der Waals surface area contributed by atoms with Crippen LogP contribution in [0.4, 0.5) is 4.79 Å². The Kier molecular flexibility index (Phi) is 8.29. The molecule has 2 atom stereocenters. The quantitative estimate of drug-likeness (QED) is 0.526. The van der Waals surface area contributed by atoms with Crippen LogP contribution in [0.15, 0.2) is 24.3 Å². The molecular weight excluding hydrogens is 434 g/mol. The van der Waals surface area contributed by atoms with Gasteiger partial charge in [0.15, 0.2) is 0 Å². The lowest BCUT2D eigenvalue weighted by Gasteiger charge is -2.41. The van der Waals surface area contributed by atoms with Gasteiger partial charge in [0, 0.05) is 31.7 Å². The number of hydrogen-bond donors (Lipinski definition) is 3. The number of likely N-dealkylation sites (tertiary alicyclic amines) is 1. The summed E-state index contributed by atoms with van der Waals surface area (Å²) in [7, 11) is 0. The SMILES string of the molecule is O=C(NCCNC(=O)N1CCC2CCCC[C@@H]2C1)c1ccc(O[C@H]2CC[C@@H](C(=O)O)CC2)cc1. The lowest BCUT2D eigenvalue weighted by atomic mass is 9.75. The van der Waals surface area contributed by atoms with E-state index in [-0.39, 0.29) is 24.0 Å². The molecule has 3 fully saturated rings. The second-order valence-electron chi connectivity index (χ2n) is 9.98. The first-order chi connectivity index (χ1) is 16.5. The molecular formula is C26H37N3O5. The highest BCUT2D eigenvalue weighted by molar-refractivity contribution is 5.94. The van der Waals surface area contributed by atoms with Gasteiger partial charge in [-0.25, -0.2) is 4.79 Å². The summed E-state index contributed by atoms with van der Waals surface area (Å²) in [5.41, 5.74) is 0.535. The summed E-state index contributed by atoms with van der Waals surface area (Å²) >= 11 is 0. The van der Waals surface area contributed by atoms with E-state index in [4.69, 9.17) is 9.84 Å². The number of amides is 3. The number of carboxylic acids is 1. The Labute approximate surface area is 201 Å². The first kappa shape index (κ1) is 24.4. The van der Waals surface area contributed by atoms with Crippen molar-refractivity contribution < 1.29 is 24.2 Å². The molecule has 1 aromatic carbocycles. The van der Waals surface area contributed by atoms with E-state index in [0.717, 1.165) is 38.3 Å². The van der Waals surface area contributed by atoms with Gasteiger partial charge in [-0.1, -0.05) is 19.3 Å². The predicted octanol–water partition coefficient (Wildman–Crippen LogP) is 3.66. The van der Waals surface area contributed by atoms with Crippen LogP contribution in [-0.2, 0) is 4.79 Å². The third-order valence-electron chi connectivity index (χ3n) is 7.71. The van der Waals surface area contributed by atoms with Gasteiger partial charge >= 0.3 is 12.0 Å². The maximum Gasteiger partial charge on any atom is 0.317 e. The van der Waals surface area contributed by atoms with Gasteiger partial charge in [0.25, 0.3) is 5.91 Å². The van der Waals surface area contributed by atoms with Gasteiger partial charge in [-0.15, -0.1) is 0 Å². The molecule has 8 nitrogen and oxygen atoms in total. The number of carbonyl (C=O) groups excluding carboxylic acids is 2. The Bertz CT molecular complexity index is 850. The van der Waals surface area contributed by atoms with E-state index in [0.29, 0.717) is 43.2 Å². The third kappa shape index (κ3) is 6.42. The molecule has 2 aliphatic carbocycles. The monoisotopic (exact) mass is 471 g/mol. The predicted molar refractivity (Wildman–Crippen MR) is 128 cm³/mol. The molecule has 1 aliphatic heterocycles. The molecule has 0 radical (unpaired) electrons. The number of rotatable bonds is 7. The van der Waals surface area contributed by atoms with Crippen molar-refractivity contribution in [2.24, 2.45) is 17.8 Å². The summed E-state index contributed by atoms with van der Waals surface area (Å²) < 4.78 is 5.96. The molecule has 3 amide bonds. The normalized spacial score (nSPS) is 26.8. The average molecular weight is 472 g/mol. The Hall–Kier alpha value is -2.77. The van der Waals surface area contributed by atoms with Crippen molar-refractivity contribution in [2.45, 2.75) is 63.9 Å². The number of nitrogens with zero attached hydrogens (tertiary/aromatic N) is 1. The average Bonchev–Trinajstić information content (AvgIpc) is 2.87. The zero-order valence-electron chi connectivity index (χ0n) is 19.8. The molecule has 1 heterocycles. The fraction of sp³-hybridized carbons (Fsp3) is 0.654. The summed E-state index contributed by atoms with van der Waals surface area (Å²) in [6, 6.07) is 6.96. The second-order valence-corrected chi connectivity index (χ2v) is 9.98. The van der Waals surface area contributed by atoms with Gasteiger partial charge in [0.1, 0.15) is 5.75 Å². The number of piperidine rings is 1. The van der Waals surface area contributed by atoms with Crippen LogP contribution in [0.5, 0.6) is 5.75 Å². The molecule has 0 aromatic heterocycles. The first-order valence-corrected chi connectivity index (χ1v) is 12.8. The molecule has 1 aromatic rings. The van der Waals surface area contributed by atoms with Crippen molar-refractivity contribution in [2.75, 3.05) is 26.2 Å². The fourth-order valence-corrected chi connectivity index (χ4v) is 5.65. The van der Waals surface area contributed by atoms with Crippen LogP contribution in [0.2, 0.25) is 0 Å². The van der Waals surface area contributed by atoms with E-state index in [1.807, 2.05) is 4.90 Å². The van der Waals surface area contributed by atoms with E-state index in [1.54, 1.807) is 24.3 Å². The lowest BCUT2D eigenvalue weighted by Crippen LogP contribution is -2.49. The van der Waals surface area contributed by atoms with Gasteiger partial charge in [0.2, 0.25) is 0 Å². The number of ether oxygens (including phenoxy) is 1. The number of carboxylic acid groups (broad SMARTS) is 1. The molecule has 2 saturated carbocycles. The number of benzene rings is 1. The number of fused-ring (bicyclic) bond motifs is 1. The maximum absolute atomic E-state index is 12.5. The summed E-state index contributed by atoms with van der Waals surface area (Å²) in [5.74, 6) is 0.952. The number of carbonyl (C=O) groups is 3. The molecule has 0 spiro atoms. The fourth-order valence-electron chi connectivity index (χ4n) is 5.65. The molecule has 1 unspecified atom stereocenters. The van der Waals surface area contributed by atoms with Gasteiger partial charge in [-0.3, -0.25) is 9.59 Å². The van der Waals surface area contributed by atoms with Gasteiger partial charge in [0.05, 0.1) is 12.0 Å². The van der Waals surface area contributed by atoms with Crippen molar-refractivity contribution in [3.8, 4) is 5.75 Å². The van der Waals surface area contributed by atoms with E-state index in [2.05, 4.69) is 10.6 Å². The maximum atomic E-state index is 12.5. The van der Waals surface area contributed by atoms with Crippen LogP contribution >= 0.6 is 0 Å². The topological polar surface area (TPSA) is 108 Å². The minimum atomic E-state index is -0.725. The Balaban J connectivity index is 1.13. The van der Waals surface area contributed by atoms with E-state index in [9.17, 15) is 14.4 Å². The summed E-state index contributed by atoms with van der Waals surface area (Å²) in [6.45, 7) is 2.46. The highest BCUT2D eigenvalue weighted by Gasteiger charge is 2.32. The zero-order valence-corrected chi connectivity index (χ0v) is 19.8. The molecule has 3 N–H and O–H groups in total. The van der Waals surface area contributed by atoms with E-state index < -0.39 is 5.97 Å². The van der Waals surface area contributed by atoms with Gasteiger partial charge in [-0.05, 0) is 74.6 Å². The number of urea groups is 1. The van der Waals surface area contributed by atoms with Gasteiger partial charge < -0.3 is 25.4 Å². The zero-order chi connectivity index (χ0) is 23.9. The van der Waals surface area contributed by atoms with Crippen molar-refractivity contribution in [3.05, 3.63) is 29.8 Å². The molecule has 3 aliphatic rings. The summed E-state index contributed by atoms with van der Waals surface area (Å²) in [4.78, 5) is 37.9. The number of nitrogens with one attached hydrogen (secondary N) is 2. The Morgan fingerprint density at radius 3 is 2.26 bits per heavy atom. The first-order valence-electron chi connectivity index (χ1n) is 12.8. The highest BCUT2D eigenvalue weighted by atomic mass is 16.5. The molecule has 34 heavy (non-hydrogen) atoms. The standard InChI is InChI=1S/C26H37N3O5/c30-24(19-5-9-22(10-6-19)34-23-11-7-20(8-12-23)25(31)32)27-14-15-28-26(33)29-16-13-18-3-1-2-4-21(18)17-29/h5-6,9-10,18,20-21,23H,1-4,7-8,11-17H2,(H,27,30)(H,28,33)(H,31,32)/t18?,20-,21-,23+/m1/s1. The Morgan fingerprint density at radius 1 is 0.882 bits per heavy atom. The third-order valence-corrected chi connectivity index (χ3v) is 7.71. The minimum absolute atomic E-state index is 0.0165. The largest absolute Gasteiger partial charge is 0.490 e. The van der Waals surface area contributed by atoms with Crippen LogP contribution < -0.4 is 15.4 Å². The molecule has 4 rings (SSSR count). The van der Waals surface area contributed by atoms with Crippen molar-refractivity contribution in [3.63, 3.8) is 0 Å². The van der Waals surface area contributed by atoms with Crippen LogP contribution in [0.1, 0.15) is 68.1 Å². The van der Waals surface area contributed by atoms with E-state index in [1.165, 1.54) is 25.7 Å².